The highest BCUT2D eigenvalue weighted by Gasteiger charge is 2.08. The molecule has 15 heavy (non-hydrogen) atoms. The molecule has 78 valence electrons. The van der Waals surface area contributed by atoms with Crippen molar-refractivity contribution in [3.63, 3.8) is 0 Å². The van der Waals surface area contributed by atoms with E-state index in [4.69, 9.17) is 0 Å². The van der Waals surface area contributed by atoms with Crippen LogP contribution in [0.2, 0.25) is 0 Å². The molecule has 0 bridgehead atoms. The maximum absolute atomic E-state index is 4.21. The van der Waals surface area contributed by atoms with E-state index >= 15 is 0 Å². The number of rotatable bonds is 2. The van der Waals surface area contributed by atoms with Crippen LogP contribution in [0.3, 0.4) is 0 Å². The zero-order valence-corrected chi connectivity index (χ0v) is 9.36. The minimum Gasteiger partial charge on any atom is -0.249 e. The summed E-state index contributed by atoms with van der Waals surface area (Å²) in [5, 5.41) is 8.32. The number of benzene rings is 1. The van der Waals surface area contributed by atoms with Crippen LogP contribution in [0.1, 0.15) is 18.2 Å². The fraction of sp³-hybridized carbons (Fsp3) is 0.333. The first-order valence-electron chi connectivity index (χ1n) is 5.19. The first-order chi connectivity index (χ1) is 7.22. The Bertz CT molecular complexity index is 471. The topological polar surface area (TPSA) is 30.7 Å². The Hall–Kier alpha value is -1.64. The third-order valence-electron chi connectivity index (χ3n) is 2.57. The second-order valence-corrected chi connectivity index (χ2v) is 3.71. The minimum atomic E-state index is 0.866. The van der Waals surface area contributed by atoms with Gasteiger partial charge in [0.1, 0.15) is 5.69 Å². The molecule has 3 nitrogen and oxygen atoms in total. The van der Waals surface area contributed by atoms with Crippen molar-refractivity contribution in [3.05, 3.63) is 35.5 Å². The predicted octanol–water partition coefficient (Wildman–Crippen LogP) is 2.58. The highest BCUT2D eigenvalue weighted by Crippen LogP contribution is 2.21. The molecular weight excluding hydrogens is 186 g/mol. The summed E-state index contributed by atoms with van der Waals surface area (Å²) in [7, 11) is 0. The normalized spacial score (nSPS) is 10.6. The summed E-state index contributed by atoms with van der Waals surface area (Å²) in [6.45, 7) is 7.08. The van der Waals surface area contributed by atoms with Crippen molar-refractivity contribution >= 4 is 0 Å². The van der Waals surface area contributed by atoms with E-state index in [2.05, 4.69) is 55.3 Å². The SMILES string of the molecule is CCn1nnc(-c2cccc(C)c2)c1C. The van der Waals surface area contributed by atoms with Crippen LogP contribution < -0.4 is 0 Å². The van der Waals surface area contributed by atoms with Gasteiger partial charge in [0.2, 0.25) is 0 Å². The number of aromatic nitrogens is 3. The highest BCUT2D eigenvalue weighted by atomic mass is 15.4. The molecule has 0 unspecified atom stereocenters. The van der Waals surface area contributed by atoms with Crippen LogP contribution in [0.5, 0.6) is 0 Å². The van der Waals surface area contributed by atoms with E-state index in [0.29, 0.717) is 0 Å². The molecule has 0 aliphatic carbocycles. The molecule has 1 heterocycles. The lowest BCUT2D eigenvalue weighted by Gasteiger charge is -2.01. The molecule has 0 aliphatic rings. The van der Waals surface area contributed by atoms with E-state index in [0.717, 1.165) is 23.5 Å². The molecule has 1 aromatic heterocycles. The fourth-order valence-corrected chi connectivity index (χ4v) is 1.72. The Morgan fingerprint density at radius 1 is 1.27 bits per heavy atom. The lowest BCUT2D eigenvalue weighted by molar-refractivity contribution is 0.611. The monoisotopic (exact) mass is 201 g/mol. The predicted molar refractivity (Wildman–Crippen MR) is 60.6 cm³/mol. The second-order valence-electron chi connectivity index (χ2n) is 3.71. The summed E-state index contributed by atoms with van der Waals surface area (Å²) >= 11 is 0. The Morgan fingerprint density at radius 3 is 2.67 bits per heavy atom. The summed E-state index contributed by atoms with van der Waals surface area (Å²) in [6, 6.07) is 8.35. The lowest BCUT2D eigenvalue weighted by Crippen LogP contribution is -1.98. The third-order valence-corrected chi connectivity index (χ3v) is 2.57. The van der Waals surface area contributed by atoms with Crippen LogP contribution in [0, 0.1) is 13.8 Å². The Labute approximate surface area is 89.7 Å². The third kappa shape index (κ3) is 1.77. The summed E-state index contributed by atoms with van der Waals surface area (Å²) in [6.07, 6.45) is 0. The van der Waals surface area contributed by atoms with Crippen LogP contribution in [-0.2, 0) is 6.54 Å². The minimum absolute atomic E-state index is 0.866. The first kappa shape index (κ1) is 9.90. The van der Waals surface area contributed by atoms with Crippen molar-refractivity contribution in [3.8, 4) is 11.3 Å². The Kier molecular flexibility index (Phi) is 2.54. The van der Waals surface area contributed by atoms with Crippen molar-refractivity contribution in [1.82, 2.24) is 15.0 Å². The molecule has 0 radical (unpaired) electrons. The molecule has 2 rings (SSSR count). The number of hydrogen-bond donors (Lipinski definition) is 0. The molecule has 0 spiro atoms. The van der Waals surface area contributed by atoms with Gasteiger partial charge in [0.05, 0.1) is 5.69 Å². The van der Waals surface area contributed by atoms with Gasteiger partial charge in [-0.25, -0.2) is 4.68 Å². The van der Waals surface area contributed by atoms with E-state index < -0.39 is 0 Å². The van der Waals surface area contributed by atoms with Gasteiger partial charge in [-0.2, -0.15) is 0 Å². The standard InChI is InChI=1S/C12H15N3/c1-4-15-10(3)12(13-14-15)11-7-5-6-9(2)8-11/h5-8H,4H2,1-3H3. The van der Waals surface area contributed by atoms with Gasteiger partial charge in [-0.05, 0) is 26.8 Å². The van der Waals surface area contributed by atoms with Gasteiger partial charge in [0, 0.05) is 12.1 Å². The molecule has 3 heteroatoms. The number of hydrogen-bond acceptors (Lipinski definition) is 2. The molecular formula is C12H15N3. The summed E-state index contributed by atoms with van der Waals surface area (Å²) in [5.41, 5.74) is 4.51. The van der Waals surface area contributed by atoms with E-state index in [1.807, 2.05) is 4.68 Å². The molecule has 0 saturated carbocycles. The van der Waals surface area contributed by atoms with Crippen molar-refractivity contribution in [2.75, 3.05) is 0 Å². The summed E-state index contributed by atoms with van der Waals surface area (Å²) in [5.74, 6) is 0. The van der Waals surface area contributed by atoms with Gasteiger partial charge in [0.15, 0.2) is 0 Å². The Morgan fingerprint density at radius 2 is 2.07 bits per heavy atom. The van der Waals surface area contributed by atoms with E-state index in [9.17, 15) is 0 Å². The van der Waals surface area contributed by atoms with Gasteiger partial charge in [-0.15, -0.1) is 5.10 Å². The zero-order chi connectivity index (χ0) is 10.8. The molecule has 0 aliphatic heterocycles. The second kappa shape index (κ2) is 3.85. The molecule has 0 N–H and O–H groups in total. The maximum atomic E-state index is 4.21. The fourth-order valence-electron chi connectivity index (χ4n) is 1.72. The maximum Gasteiger partial charge on any atom is 0.115 e. The summed E-state index contributed by atoms with van der Waals surface area (Å²) < 4.78 is 1.91. The lowest BCUT2D eigenvalue weighted by atomic mass is 10.1. The average molecular weight is 201 g/mol. The number of aryl methyl sites for hydroxylation is 2. The van der Waals surface area contributed by atoms with Gasteiger partial charge < -0.3 is 0 Å². The molecule has 1 aromatic carbocycles. The van der Waals surface area contributed by atoms with Crippen LogP contribution in [0.25, 0.3) is 11.3 Å². The van der Waals surface area contributed by atoms with Crippen LogP contribution >= 0.6 is 0 Å². The molecule has 0 saturated heterocycles. The average Bonchev–Trinajstić information content (AvgIpc) is 2.59. The molecule has 0 amide bonds. The van der Waals surface area contributed by atoms with Crippen molar-refractivity contribution in [2.45, 2.75) is 27.3 Å². The van der Waals surface area contributed by atoms with Gasteiger partial charge in [-0.1, -0.05) is 29.0 Å². The van der Waals surface area contributed by atoms with E-state index in [1.54, 1.807) is 0 Å². The van der Waals surface area contributed by atoms with E-state index in [-0.39, 0.29) is 0 Å². The van der Waals surface area contributed by atoms with Gasteiger partial charge in [0.25, 0.3) is 0 Å². The molecule has 0 fully saturated rings. The van der Waals surface area contributed by atoms with Crippen molar-refractivity contribution < 1.29 is 0 Å². The van der Waals surface area contributed by atoms with Crippen LogP contribution in [0.4, 0.5) is 0 Å². The largest absolute Gasteiger partial charge is 0.249 e. The smallest absolute Gasteiger partial charge is 0.115 e. The van der Waals surface area contributed by atoms with Crippen LogP contribution in [0.15, 0.2) is 24.3 Å². The van der Waals surface area contributed by atoms with Crippen molar-refractivity contribution in [2.24, 2.45) is 0 Å². The van der Waals surface area contributed by atoms with Crippen molar-refractivity contribution in [1.29, 1.82) is 0 Å². The molecule has 2 aromatic rings. The van der Waals surface area contributed by atoms with E-state index in [1.165, 1.54) is 5.56 Å². The number of nitrogens with zero attached hydrogens (tertiary/aromatic N) is 3. The van der Waals surface area contributed by atoms with Gasteiger partial charge in [-0.3, -0.25) is 0 Å². The summed E-state index contributed by atoms with van der Waals surface area (Å²) in [4.78, 5) is 0. The quantitative estimate of drug-likeness (QED) is 0.747. The molecule has 0 atom stereocenters. The Balaban J connectivity index is 2.49. The van der Waals surface area contributed by atoms with Crippen LogP contribution in [-0.4, -0.2) is 15.0 Å². The zero-order valence-electron chi connectivity index (χ0n) is 9.36. The highest BCUT2D eigenvalue weighted by molar-refractivity contribution is 5.61. The van der Waals surface area contributed by atoms with Gasteiger partial charge >= 0.3 is 0 Å². The first-order valence-corrected chi connectivity index (χ1v) is 5.19.